The van der Waals surface area contributed by atoms with Gasteiger partial charge in [-0.15, -0.1) is 0 Å². The van der Waals surface area contributed by atoms with E-state index >= 15 is 0 Å². The molecule has 5 rings (SSSR count). The summed E-state index contributed by atoms with van der Waals surface area (Å²) in [6.45, 7) is 3.96. The standard InChI is InChI=1S/C33H38N4O3/c1-2-29(27-14-8-4-9-15-27)31(39)35-22-19-33(20-23-35)32(40)36(25-37(33)28-16-10-5-11-17-28)24-30(38)34-21-18-26-12-6-3-7-13-26/h3-17,29H,2,18-25H2,1H3,(H,34,38). The zero-order chi connectivity index (χ0) is 28.0. The number of hydrogen-bond acceptors (Lipinski definition) is 4. The average Bonchev–Trinajstić information content (AvgIpc) is 3.25. The van der Waals surface area contributed by atoms with Gasteiger partial charge < -0.3 is 20.0 Å². The molecule has 2 fully saturated rings. The first-order valence-electron chi connectivity index (χ1n) is 14.3. The molecule has 1 unspecified atom stereocenters. The second kappa shape index (κ2) is 12.4. The summed E-state index contributed by atoms with van der Waals surface area (Å²) in [5.74, 6) is -0.252. The highest BCUT2D eigenvalue weighted by Gasteiger charge is 2.54. The first-order chi connectivity index (χ1) is 19.5. The highest BCUT2D eigenvalue weighted by atomic mass is 16.2. The van der Waals surface area contributed by atoms with Crippen molar-refractivity contribution in [3.05, 3.63) is 102 Å². The van der Waals surface area contributed by atoms with E-state index in [-0.39, 0.29) is 30.2 Å². The van der Waals surface area contributed by atoms with Gasteiger partial charge in [-0.25, -0.2) is 0 Å². The maximum Gasteiger partial charge on any atom is 0.250 e. The summed E-state index contributed by atoms with van der Waals surface area (Å²) in [5, 5.41) is 2.98. The molecule has 0 aromatic heterocycles. The molecule has 0 saturated carbocycles. The zero-order valence-corrected chi connectivity index (χ0v) is 23.2. The lowest BCUT2D eigenvalue weighted by atomic mass is 9.84. The molecule has 2 aliphatic heterocycles. The molecule has 1 N–H and O–H groups in total. The molecular weight excluding hydrogens is 500 g/mol. The molecule has 7 nitrogen and oxygen atoms in total. The Morgan fingerprint density at radius 2 is 1.48 bits per heavy atom. The van der Waals surface area contributed by atoms with Crippen LogP contribution < -0.4 is 10.2 Å². The van der Waals surface area contributed by atoms with Crippen LogP contribution in [0.5, 0.6) is 0 Å². The number of nitrogens with zero attached hydrogens (tertiary/aromatic N) is 3. The zero-order valence-electron chi connectivity index (χ0n) is 23.2. The summed E-state index contributed by atoms with van der Waals surface area (Å²) in [6, 6.07) is 29.9. The Kier molecular flexibility index (Phi) is 8.48. The van der Waals surface area contributed by atoms with Crippen molar-refractivity contribution >= 4 is 23.4 Å². The number of likely N-dealkylation sites (tertiary alicyclic amines) is 1. The second-order valence-corrected chi connectivity index (χ2v) is 10.7. The van der Waals surface area contributed by atoms with Crippen LogP contribution in [0.1, 0.15) is 43.2 Å². The molecule has 40 heavy (non-hydrogen) atoms. The van der Waals surface area contributed by atoms with Gasteiger partial charge in [0.05, 0.1) is 12.6 Å². The molecule has 1 spiro atoms. The van der Waals surface area contributed by atoms with E-state index in [1.54, 1.807) is 4.90 Å². The molecule has 3 amide bonds. The van der Waals surface area contributed by atoms with Gasteiger partial charge in [0.2, 0.25) is 11.8 Å². The van der Waals surface area contributed by atoms with Gasteiger partial charge in [0.1, 0.15) is 12.1 Å². The van der Waals surface area contributed by atoms with Crippen molar-refractivity contribution in [3.8, 4) is 0 Å². The van der Waals surface area contributed by atoms with Crippen LogP contribution in [0, 0.1) is 0 Å². The first kappa shape index (κ1) is 27.4. The quantitative estimate of drug-likeness (QED) is 0.443. The van der Waals surface area contributed by atoms with E-state index in [2.05, 4.69) is 10.2 Å². The minimum Gasteiger partial charge on any atom is -0.354 e. The Balaban J connectivity index is 1.27. The van der Waals surface area contributed by atoms with Crippen LogP contribution in [-0.2, 0) is 20.8 Å². The van der Waals surface area contributed by atoms with Crippen LogP contribution in [0.4, 0.5) is 5.69 Å². The van der Waals surface area contributed by atoms with E-state index in [1.165, 1.54) is 0 Å². The molecule has 7 heteroatoms. The molecule has 3 aromatic rings. The highest BCUT2D eigenvalue weighted by Crippen LogP contribution is 2.40. The van der Waals surface area contributed by atoms with E-state index in [4.69, 9.17) is 0 Å². The number of hydrogen-bond donors (Lipinski definition) is 1. The van der Waals surface area contributed by atoms with Gasteiger partial charge in [-0.1, -0.05) is 85.8 Å². The lowest BCUT2D eigenvalue weighted by Gasteiger charge is -2.44. The van der Waals surface area contributed by atoms with Gasteiger partial charge in [0, 0.05) is 25.3 Å². The van der Waals surface area contributed by atoms with Gasteiger partial charge in [-0.2, -0.15) is 0 Å². The molecule has 208 valence electrons. The summed E-state index contributed by atoms with van der Waals surface area (Å²) in [6.07, 6.45) is 2.53. The first-order valence-corrected chi connectivity index (χ1v) is 14.3. The van der Waals surface area contributed by atoms with E-state index in [9.17, 15) is 14.4 Å². The number of benzene rings is 3. The number of rotatable bonds is 9. The molecule has 0 bridgehead atoms. The number of para-hydroxylation sites is 1. The predicted octanol–water partition coefficient (Wildman–Crippen LogP) is 4.21. The smallest absolute Gasteiger partial charge is 0.250 e. The molecule has 0 aliphatic carbocycles. The van der Waals surface area contributed by atoms with Crippen LogP contribution >= 0.6 is 0 Å². The van der Waals surface area contributed by atoms with Crippen LogP contribution in [0.2, 0.25) is 0 Å². The summed E-state index contributed by atoms with van der Waals surface area (Å²) < 4.78 is 0. The summed E-state index contributed by atoms with van der Waals surface area (Å²) in [7, 11) is 0. The molecular formula is C33H38N4O3. The minimum atomic E-state index is -0.767. The normalized spacial score (nSPS) is 17.2. The number of anilines is 1. The van der Waals surface area contributed by atoms with Crippen molar-refractivity contribution in [1.29, 1.82) is 0 Å². The Bertz CT molecular complexity index is 1290. The Morgan fingerprint density at radius 3 is 2.10 bits per heavy atom. The highest BCUT2D eigenvalue weighted by molar-refractivity contribution is 5.96. The predicted molar refractivity (Wildman–Crippen MR) is 157 cm³/mol. The van der Waals surface area contributed by atoms with Crippen molar-refractivity contribution in [3.63, 3.8) is 0 Å². The Labute approximate surface area is 236 Å². The lowest BCUT2D eigenvalue weighted by Crippen LogP contribution is -2.58. The molecule has 3 aromatic carbocycles. The Morgan fingerprint density at radius 1 is 0.875 bits per heavy atom. The van der Waals surface area contributed by atoms with Crippen molar-refractivity contribution in [2.24, 2.45) is 0 Å². The van der Waals surface area contributed by atoms with Crippen LogP contribution in [-0.4, -0.2) is 65.9 Å². The van der Waals surface area contributed by atoms with Crippen molar-refractivity contribution in [1.82, 2.24) is 15.1 Å². The summed E-state index contributed by atoms with van der Waals surface area (Å²) >= 11 is 0. The summed E-state index contributed by atoms with van der Waals surface area (Å²) in [4.78, 5) is 46.1. The summed E-state index contributed by atoms with van der Waals surface area (Å²) in [5.41, 5.74) is 2.38. The average molecular weight is 539 g/mol. The third kappa shape index (κ3) is 5.74. The van der Waals surface area contributed by atoms with Gasteiger partial charge in [-0.3, -0.25) is 14.4 Å². The maximum atomic E-state index is 14.0. The number of amides is 3. The lowest BCUT2D eigenvalue weighted by molar-refractivity contribution is -0.140. The molecule has 2 saturated heterocycles. The monoisotopic (exact) mass is 538 g/mol. The van der Waals surface area contributed by atoms with Crippen molar-refractivity contribution in [2.75, 3.05) is 37.7 Å². The number of piperidine rings is 1. The van der Waals surface area contributed by atoms with Crippen LogP contribution in [0.15, 0.2) is 91.0 Å². The van der Waals surface area contributed by atoms with Gasteiger partial charge in [0.15, 0.2) is 0 Å². The number of nitrogens with one attached hydrogen (secondary N) is 1. The molecule has 1 atom stereocenters. The van der Waals surface area contributed by atoms with E-state index in [0.29, 0.717) is 39.1 Å². The number of carbonyl (C=O) groups is 3. The van der Waals surface area contributed by atoms with E-state index in [1.807, 2.05) is 103 Å². The maximum absolute atomic E-state index is 14.0. The second-order valence-electron chi connectivity index (χ2n) is 10.7. The van der Waals surface area contributed by atoms with E-state index < -0.39 is 5.54 Å². The topological polar surface area (TPSA) is 73.0 Å². The van der Waals surface area contributed by atoms with Gasteiger partial charge in [0.25, 0.3) is 5.91 Å². The van der Waals surface area contributed by atoms with Gasteiger partial charge in [-0.05, 0) is 48.9 Å². The fraction of sp³-hybridized carbons (Fsp3) is 0.364. The largest absolute Gasteiger partial charge is 0.354 e. The van der Waals surface area contributed by atoms with Crippen LogP contribution in [0.25, 0.3) is 0 Å². The third-order valence-corrected chi connectivity index (χ3v) is 8.31. The van der Waals surface area contributed by atoms with Crippen molar-refractivity contribution < 1.29 is 14.4 Å². The van der Waals surface area contributed by atoms with E-state index in [0.717, 1.165) is 29.7 Å². The third-order valence-electron chi connectivity index (χ3n) is 8.31. The molecule has 2 aliphatic rings. The number of carbonyl (C=O) groups excluding carboxylic acids is 3. The fourth-order valence-corrected chi connectivity index (χ4v) is 6.10. The Hall–Kier alpha value is -4.13. The fourth-order valence-electron chi connectivity index (χ4n) is 6.10. The SMILES string of the molecule is CCC(C(=O)N1CCC2(CC1)C(=O)N(CC(=O)NCCc1ccccc1)CN2c1ccccc1)c1ccccc1. The van der Waals surface area contributed by atoms with Crippen molar-refractivity contribution in [2.45, 2.75) is 44.1 Å². The molecule has 2 heterocycles. The van der Waals surface area contributed by atoms with Crippen LogP contribution in [0.3, 0.4) is 0 Å². The van der Waals surface area contributed by atoms with Gasteiger partial charge >= 0.3 is 0 Å². The molecule has 0 radical (unpaired) electrons. The minimum absolute atomic E-state index is 0.0211.